The summed E-state index contributed by atoms with van der Waals surface area (Å²) in [4.78, 5) is 47.3. The van der Waals surface area contributed by atoms with Crippen LogP contribution in [0.15, 0.2) is 30.6 Å². The zero-order valence-electron chi connectivity index (χ0n) is 14.3. The number of halogens is 1. The molecular formula is C18H17ClN4O3. The normalized spacial score (nSPS) is 18.2. The molecule has 0 radical (unpaired) electrons. The van der Waals surface area contributed by atoms with Gasteiger partial charge in [-0.2, -0.15) is 0 Å². The Morgan fingerprint density at radius 1 is 1.27 bits per heavy atom. The molecule has 1 aliphatic heterocycles. The average Bonchev–Trinajstić information content (AvgIpc) is 2.91. The highest BCUT2D eigenvalue weighted by Gasteiger charge is 2.59. The highest BCUT2D eigenvalue weighted by atomic mass is 35.5. The molecule has 26 heavy (non-hydrogen) atoms. The maximum absolute atomic E-state index is 13.3. The number of hydrogen-bond donors (Lipinski definition) is 2. The molecule has 2 N–H and O–H groups in total. The fourth-order valence-corrected chi connectivity index (χ4v) is 3.08. The van der Waals surface area contributed by atoms with Gasteiger partial charge in [-0.25, -0.2) is 4.98 Å². The van der Waals surface area contributed by atoms with E-state index in [1.54, 1.807) is 6.92 Å². The molecule has 1 aromatic heterocycles. The van der Waals surface area contributed by atoms with E-state index in [1.165, 1.54) is 30.6 Å². The zero-order valence-corrected chi connectivity index (χ0v) is 15.1. The van der Waals surface area contributed by atoms with Gasteiger partial charge in [-0.3, -0.25) is 19.4 Å². The van der Waals surface area contributed by atoms with E-state index in [4.69, 9.17) is 11.6 Å². The Hall–Kier alpha value is -2.80. The molecule has 7 nitrogen and oxygen atoms in total. The second kappa shape index (κ2) is 6.84. The van der Waals surface area contributed by atoms with Gasteiger partial charge in [0.1, 0.15) is 5.69 Å². The van der Waals surface area contributed by atoms with Crippen LogP contribution >= 0.6 is 11.6 Å². The number of nitrogens with zero attached hydrogens (tertiary/aromatic N) is 2. The molecule has 1 aliphatic rings. The van der Waals surface area contributed by atoms with E-state index in [0.717, 1.165) is 0 Å². The van der Waals surface area contributed by atoms with Crippen molar-refractivity contribution in [2.45, 2.75) is 25.7 Å². The molecule has 0 spiro atoms. The van der Waals surface area contributed by atoms with E-state index in [0.29, 0.717) is 29.4 Å². The molecule has 0 bridgehead atoms. The highest BCUT2D eigenvalue weighted by Crippen LogP contribution is 2.41. The average molecular weight is 373 g/mol. The molecule has 2 aromatic rings. The van der Waals surface area contributed by atoms with Gasteiger partial charge in [0.25, 0.3) is 5.91 Å². The van der Waals surface area contributed by atoms with Crippen molar-refractivity contribution in [1.29, 1.82) is 0 Å². The van der Waals surface area contributed by atoms with E-state index in [-0.39, 0.29) is 11.3 Å². The number of carbonyl (C=O) groups excluding carboxylic acids is 3. The molecule has 1 atom stereocenters. The van der Waals surface area contributed by atoms with Crippen LogP contribution in [0.3, 0.4) is 0 Å². The van der Waals surface area contributed by atoms with Gasteiger partial charge in [-0.15, -0.1) is 0 Å². The Bertz CT molecular complexity index is 898. The number of anilines is 1. The molecule has 0 saturated heterocycles. The molecule has 2 amide bonds. The molecule has 0 saturated carbocycles. The first-order valence-corrected chi connectivity index (χ1v) is 8.52. The van der Waals surface area contributed by atoms with Crippen LogP contribution in [-0.2, 0) is 15.0 Å². The molecular weight excluding hydrogens is 356 g/mol. The van der Waals surface area contributed by atoms with Gasteiger partial charge in [0.2, 0.25) is 17.1 Å². The number of fused-ring (bicyclic) bond motifs is 1. The topological polar surface area (TPSA) is 101 Å². The molecule has 3 rings (SSSR count). The highest BCUT2D eigenvalue weighted by molar-refractivity contribution is 6.38. The summed E-state index contributed by atoms with van der Waals surface area (Å²) in [6.45, 7) is 3.94. The van der Waals surface area contributed by atoms with Crippen LogP contribution in [-0.4, -0.2) is 34.1 Å². The summed E-state index contributed by atoms with van der Waals surface area (Å²) in [7, 11) is 0. The molecule has 8 heteroatoms. The number of aromatic nitrogens is 2. The standard InChI is InChI=1S/C18H17ClN4O3/c1-3-6-20-16(25)18(15(24)14-9-21-10(2)8-22-14)12-5-4-11(19)7-13(12)23-17(18)26/h4-5,7-9H,3,6H2,1-2H3,(H,20,25)(H,23,26). The third kappa shape index (κ3) is 2.74. The lowest BCUT2D eigenvalue weighted by Gasteiger charge is -2.24. The first-order chi connectivity index (χ1) is 12.4. The minimum Gasteiger partial charge on any atom is -0.354 e. The Kier molecular flexibility index (Phi) is 4.73. The number of carbonyl (C=O) groups is 3. The predicted molar refractivity (Wildman–Crippen MR) is 96.2 cm³/mol. The lowest BCUT2D eigenvalue weighted by Crippen LogP contribution is -2.55. The monoisotopic (exact) mass is 372 g/mol. The summed E-state index contributed by atoms with van der Waals surface area (Å²) >= 11 is 5.98. The third-order valence-corrected chi connectivity index (χ3v) is 4.44. The van der Waals surface area contributed by atoms with Crippen LogP contribution in [0.1, 0.15) is 35.1 Å². The third-order valence-electron chi connectivity index (χ3n) is 4.20. The number of benzene rings is 1. The summed E-state index contributed by atoms with van der Waals surface area (Å²) in [5, 5.41) is 5.64. The van der Waals surface area contributed by atoms with Gasteiger partial charge >= 0.3 is 0 Å². The number of rotatable bonds is 5. The number of amides is 2. The fourth-order valence-electron chi connectivity index (χ4n) is 2.91. The SMILES string of the molecule is CCCNC(=O)C1(C(=O)c2cnc(C)cn2)C(=O)Nc2cc(Cl)ccc21. The first-order valence-electron chi connectivity index (χ1n) is 8.14. The summed E-state index contributed by atoms with van der Waals surface area (Å²) in [6.07, 6.45) is 3.35. The summed E-state index contributed by atoms with van der Waals surface area (Å²) in [5.41, 5.74) is -0.899. The van der Waals surface area contributed by atoms with Crippen LogP contribution in [0, 0.1) is 6.92 Å². The number of nitrogens with one attached hydrogen (secondary N) is 2. The zero-order chi connectivity index (χ0) is 18.9. The fraction of sp³-hybridized carbons (Fsp3) is 0.278. The smallest absolute Gasteiger partial charge is 0.252 e. The number of hydrogen-bond acceptors (Lipinski definition) is 5. The Labute approximate surface area is 155 Å². The van der Waals surface area contributed by atoms with Gasteiger partial charge in [-0.05, 0) is 25.5 Å². The van der Waals surface area contributed by atoms with Crippen LogP contribution < -0.4 is 10.6 Å². The molecule has 1 aromatic carbocycles. The Balaban J connectivity index is 2.18. The molecule has 0 fully saturated rings. The van der Waals surface area contributed by atoms with E-state index in [2.05, 4.69) is 20.6 Å². The molecule has 134 valence electrons. The van der Waals surface area contributed by atoms with E-state index < -0.39 is 23.0 Å². The van der Waals surface area contributed by atoms with Crippen molar-refractivity contribution in [3.05, 3.63) is 52.6 Å². The van der Waals surface area contributed by atoms with Crippen LogP contribution in [0.5, 0.6) is 0 Å². The molecule has 2 heterocycles. The lowest BCUT2D eigenvalue weighted by atomic mass is 9.75. The quantitative estimate of drug-likeness (QED) is 0.617. The maximum atomic E-state index is 13.3. The second-order valence-corrected chi connectivity index (χ2v) is 6.46. The van der Waals surface area contributed by atoms with E-state index in [1.807, 2.05) is 6.92 Å². The second-order valence-electron chi connectivity index (χ2n) is 6.02. The van der Waals surface area contributed by atoms with Crippen molar-refractivity contribution in [2.24, 2.45) is 0 Å². The van der Waals surface area contributed by atoms with E-state index >= 15 is 0 Å². The first kappa shape index (κ1) is 18.0. The van der Waals surface area contributed by atoms with Crippen LogP contribution in [0.25, 0.3) is 0 Å². The molecule has 0 aliphatic carbocycles. The summed E-state index contributed by atoms with van der Waals surface area (Å²) in [5.74, 6) is -2.14. The maximum Gasteiger partial charge on any atom is 0.252 e. The van der Waals surface area contributed by atoms with E-state index in [9.17, 15) is 14.4 Å². The van der Waals surface area contributed by atoms with Crippen molar-refractivity contribution in [2.75, 3.05) is 11.9 Å². The van der Waals surface area contributed by atoms with Gasteiger partial charge in [0.05, 0.1) is 11.9 Å². The summed E-state index contributed by atoms with van der Waals surface area (Å²) < 4.78 is 0. The largest absolute Gasteiger partial charge is 0.354 e. The number of aryl methyl sites for hydroxylation is 1. The number of ketones is 1. The number of Topliss-reactive ketones (excluding diaryl/α,β-unsaturated/α-hetero) is 1. The van der Waals surface area contributed by atoms with Crippen molar-refractivity contribution < 1.29 is 14.4 Å². The van der Waals surface area contributed by atoms with Gasteiger partial charge in [0.15, 0.2) is 0 Å². The minimum atomic E-state index is -2.06. The van der Waals surface area contributed by atoms with Crippen molar-refractivity contribution >= 4 is 34.9 Å². The van der Waals surface area contributed by atoms with Crippen molar-refractivity contribution in [3.63, 3.8) is 0 Å². The molecule has 1 unspecified atom stereocenters. The van der Waals surface area contributed by atoms with Gasteiger partial charge in [0, 0.05) is 29.0 Å². The van der Waals surface area contributed by atoms with Crippen molar-refractivity contribution in [1.82, 2.24) is 15.3 Å². The van der Waals surface area contributed by atoms with Crippen molar-refractivity contribution in [3.8, 4) is 0 Å². The summed E-state index contributed by atoms with van der Waals surface area (Å²) in [6, 6.07) is 4.56. The Morgan fingerprint density at radius 3 is 2.69 bits per heavy atom. The minimum absolute atomic E-state index is 0.0554. The Morgan fingerprint density at radius 2 is 2.04 bits per heavy atom. The van der Waals surface area contributed by atoms with Crippen LogP contribution in [0.2, 0.25) is 5.02 Å². The predicted octanol–water partition coefficient (Wildman–Crippen LogP) is 2.04. The van der Waals surface area contributed by atoms with Gasteiger partial charge < -0.3 is 10.6 Å². The van der Waals surface area contributed by atoms with Crippen LogP contribution in [0.4, 0.5) is 5.69 Å². The lowest BCUT2D eigenvalue weighted by molar-refractivity contribution is -0.132. The van der Waals surface area contributed by atoms with Gasteiger partial charge in [-0.1, -0.05) is 24.6 Å².